The Morgan fingerprint density at radius 2 is 1.86 bits per heavy atom. The molecule has 0 aliphatic carbocycles. The third-order valence-electron chi connectivity index (χ3n) is 4.73. The van der Waals surface area contributed by atoms with Gasteiger partial charge in [-0.25, -0.2) is 0 Å². The minimum Gasteiger partial charge on any atom is -1.00 e. The maximum atomic E-state index is 12.4. The Kier molecular flexibility index (Phi) is 8.58. The number of carbonyl (C=O) groups excluding carboxylic acids is 1. The second-order valence-corrected chi connectivity index (χ2v) is 8.51. The molecular weight excluding hydrogens is 510 g/mol. The molecule has 0 spiro atoms. The molecule has 1 atom stereocenters. The number of rotatable bonds is 6. The molecule has 0 saturated carbocycles. The van der Waals surface area contributed by atoms with Crippen molar-refractivity contribution in [1.29, 1.82) is 0 Å². The predicted octanol–water partition coefficient (Wildman–Crippen LogP) is 2.01. The third kappa shape index (κ3) is 6.59. The number of quaternary nitrogens is 1. The van der Waals surface area contributed by atoms with Crippen LogP contribution in [-0.2, 0) is 11.3 Å². The molecule has 4 nitrogen and oxygen atoms in total. The summed E-state index contributed by atoms with van der Waals surface area (Å²) in [6.07, 6.45) is 2.68. The molecule has 1 heterocycles. The fourth-order valence-electron chi connectivity index (χ4n) is 3.43. The average molecular weight is 535 g/mol. The first kappa shape index (κ1) is 23.4. The summed E-state index contributed by atoms with van der Waals surface area (Å²) in [5, 5.41) is 3.69. The zero-order valence-electron chi connectivity index (χ0n) is 16.1. The van der Waals surface area contributed by atoms with Crippen molar-refractivity contribution in [3.63, 3.8) is 0 Å². The molecule has 7 heteroatoms. The number of halogens is 3. The maximum absolute atomic E-state index is 12.4. The van der Waals surface area contributed by atoms with Crippen molar-refractivity contribution in [3.05, 3.63) is 63.6 Å². The lowest BCUT2D eigenvalue weighted by Crippen LogP contribution is -3.00. The summed E-state index contributed by atoms with van der Waals surface area (Å²) in [5.74, 6) is -0.212. The highest BCUT2D eigenvalue weighted by Gasteiger charge is 2.25. The highest BCUT2D eigenvalue weighted by atomic mass is 127. The molecule has 2 aromatic carbocycles. The van der Waals surface area contributed by atoms with Crippen LogP contribution in [0.4, 0.5) is 5.69 Å². The van der Waals surface area contributed by atoms with Crippen LogP contribution in [0.5, 0.6) is 0 Å². The number of hydrogen-bond donors (Lipinski definition) is 1. The van der Waals surface area contributed by atoms with Gasteiger partial charge >= 0.3 is 0 Å². The lowest BCUT2D eigenvalue weighted by atomic mass is 10.1. The van der Waals surface area contributed by atoms with Gasteiger partial charge in [0.2, 0.25) is 0 Å². The molecule has 0 aromatic heterocycles. The molecule has 1 fully saturated rings. The Hall–Kier alpha value is -0.860. The highest BCUT2D eigenvalue weighted by molar-refractivity contribution is 6.42. The zero-order chi connectivity index (χ0) is 19.4. The minimum absolute atomic E-state index is 0. The van der Waals surface area contributed by atoms with Crippen molar-refractivity contribution in [2.24, 2.45) is 0 Å². The van der Waals surface area contributed by atoms with Gasteiger partial charge in [0, 0.05) is 23.4 Å². The van der Waals surface area contributed by atoms with Crippen LogP contribution in [0, 0.1) is 0 Å². The van der Waals surface area contributed by atoms with Crippen molar-refractivity contribution in [1.82, 2.24) is 0 Å². The largest absolute Gasteiger partial charge is 1.00 e. The standard InChI is InChI=1S/C21H24Cl2N2O2.HI/c1-25(2,14-18-4-3-11-27-18)13-15-5-8-17(9-6-15)24-21(26)16-7-10-19(22)20(23)12-16;/h5-10,12,18H,3-4,11,13-14H2,1-2H3;1H/t18-;/m0./s1. The summed E-state index contributed by atoms with van der Waals surface area (Å²) >= 11 is 11.9. The van der Waals surface area contributed by atoms with Gasteiger partial charge in [-0.05, 0) is 43.2 Å². The summed E-state index contributed by atoms with van der Waals surface area (Å²) in [4.78, 5) is 12.4. The van der Waals surface area contributed by atoms with E-state index in [0.717, 1.165) is 42.7 Å². The van der Waals surface area contributed by atoms with Crippen LogP contribution in [0.25, 0.3) is 0 Å². The van der Waals surface area contributed by atoms with E-state index >= 15 is 0 Å². The SMILES string of the molecule is C[N+](C)(Cc1ccc(NC(=O)c2ccc(Cl)c(Cl)c2)cc1)C[C@@H]1CCCO1.[I-]. The van der Waals surface area contributed by atoms with E-state index in [1.54, 1.807) is 18.2 Å². The quantitative estimate of drug-likeness (QED) is 0.455. The lowest BCUT2D eigenvalue weighted by molar-refractivity contribution is -0.906. The van der Waals surface area contributed by atoms with Crippen LogP contribution in [0.1, 0.15) is 28.8 Å². The topological polar surface area (TPSA) is 38.3 Å². The molecule has 2 aromatic rings. The molecular formula is C21H25Cl2IN2O2. The zero-order valence-corrected chi connectivity index (χ0v) is 19.7. The van der Waals surface area contributed by atoms with E-state index in [1.165, 1.54) is 5.56 Å². The van der Waals surface area contributed by atoms with E-state index in [2.05, 4.69) is 31.5 Å². The first-order chi connectivity index (χ1) is 12.8. The molecule has 1 aliphatic rings. The Labute approximate surface area is 193 Å². The summed E-state index contributed by atoms with van der Waals surface area (Å²) in [6, 6.07) is 12.8. The van der Waals surface area contributed by atoms with Crippen molar-refractivity contribution >= 4 is 34.8 Å². The van der Waals surface area contributed by atoms with E-state index in [-0.39, 0.29) is 29.9 Å². The summed E-state index contributed by atoms with van der Waals surface area (Å²) < 4.78 is 6.64. The van der Waals surface area contributed by atoms with E-state index in [1.807, 2.05) is 12.1 Å². The molecule has 1 aliphatic heterocycles. The summed E-state index contributed by atoms with van der Waals surface area (Å²) in [7, 11) is 4.45. The number of anilines is 1. The number of ether oxygens (including phenoxy) is 1. The van der Waals surface area contributed by atoms with Gasteiger partial charge in [-0.1, -0.05) is 35.3 Å². The first-order valence-electron chi connectivity index (χ1n) is 9.11. The first-order valence-corrected chi connectivity index (χ1v) is 9.87. The molecule has 1 saturated heterocycles. The summed E-state index contributed by atoms with van der Waals surface area (Å²) in [6.45, 7) is 2.81. The number of amides is 1. The smallest absolute Gasteiger partial charge is 0.255 e. The number of nitrogens with zero attached hydrogens (tertiary/aromatic N) is 1. The molecule has 0 unspecified atom stereocenters. The second-order valence-electron chi connectivity index (χ2n) is 7.69. The second kappa shape index (κ2) is 10.3. The van der Waals surface area contributed by atoms with E-state index < -0.39 is 0 Å². The maximum Gasteiger partial charge on any atom is 0.255 e. The molecule has 28 heavy (non-hydrogen) atoms. The minimum atomic E-state index is -0.212. The Bertz CT molecular complexity index is 807. The Balaban J connectivity index is 0.00000280. The fourth-order valence-corrected chi connectivity index (χ4v) is 3.73. The predicted molar refractivity (Wildman–Crippen MR) is 111 cm³/mol. The van der Waals surface area contributed by atoms with Crippen LogP contribution >= 0.6 is 23.2 Å². The Morgan fingerprint density at radius 3 is 2.46 bits per heavy atom. The van der Waals surface area contributed by atoms with Crippen molar-refractivity contribution < 1.29 is 38.0 Å². The monoisotopic (exact) mass is 534 g/mol. The molecule has 1 amide bonds. The number of hydrogen-bond acceptors (Lipinski definition) is 2. The molecule has 0 bridgehead atoms. The number of carbonyl (C=O) groups is 1. The van der Waals surface area contributed by atoms with Crippen LogP contribution in [0.2, 0.25) is 10.0 Å². The van der Waals surface area contributed by atoms with Gasteiger partial charge in [-0.3, -0.25) is 4.79 Å². The summed E-state index contributed by atoms with van der Waals surface area (Å²) in [5.41, 5.74) is 2.45. The van der Waals surface area contributed by atoms with E-state index in [9.17, 15) is 4.79 Å². The van der Waals surface area contributed by atoms with Crippen molar-refractivity contribution in [2.75, 3.05) is 32.6 Å². The fraction of sp³-hybridized carbons (Fsp3) is 0.381. The van der Waals surface area contributed by atoms with Crippen LogP contribution in [0.3, 0.4) is 0 Å². The van der Waals surface area contributed by atoms with Gasteiger partial charge in [0.25, 0.3) is 5.91 Å². The molecule has 152 valence electrons. The Morgan fingerprint density at radius 1 is 1.14 bits per heavy atom. The van der Waals surface area contributed by atoms with Crippen molar-refractivity contribution in [3.8, 4) is 0 Å². The number of benzene rings is 2. The molecule has 0 radical (unpaired) electrons. The van der Waals surface area contributed by atoms with Gasteiger partial charge in [0.05, 0.1) is 24.1 Å². The average Bonchev–Trinajstić information content (AvgIpc) is 3.11. The van der Waals surface area contributed by atoms with Gasteiger partial charge in [-0.2, -0.15) is 0 Å². The van der Waals surface area contributed by atoms with Crippen molar-refractivity contribution in [2.45, 2.75) is 25.5 Å². The third-order valence-corrected chi connectivity index (χ3v) is 5.47. The van der Waals surface area contributed by atoms with Gasteiger partial charge in [-0.15, -0.1) is 0 Å². The normalized spacial score (nSPS) is 16.5. The molecule has 3 rings (SSSR count). The van der Waals surface area contributed by atoms with E-state index in [0.29, 0.717) is 21.7 Å². The van der Waals surface area contributed by atoms with Crippen LogP contribution in [0.15, 0.2) is 42.5 Å². The lowest BCUT2D eigenvalue weighted by Gasteiger charge is -2.32. The van der Waals surface area contributed by atoms with Gasteiger partial charge in [0.15, 0.2) is 0 Å². The number of likely N-dealkylation sites (N-methyl/N-ethyl adjacent to an activating group) is 1. The molecule has 1 N–H and O–H groups in total. The van der Waals surface area contributed by atoms with Gasteiger partial charge in [0.1, 0.15) is 19.2 Å². The number of nitrogens with one attached hydrogen (secondary N) is 1. The van der Waals surface area contributed by atoms with Crippen LogP contribution < -0.4 is 29.3 Å². The highest BCUT2D eigenvalue weighted by Crippen LogP contribution is 2.23. The van der Waals surface area contributed by atoms with E-state index in [4.69, 9.17) is 27.9 Å². The van der Waals surface area contributed by atoms with Crippen LogP contribution in [-0.4, -0.2) is 43.7 Å². The van der Waals surface area contributed by atoms with Gasteiger partial charge < -0.3 is 38.5 Å².